The van der Waals surface area contributed by atoms with Gasteiger partial charge in [-0.15, -0.1) is 0 Å². The SMILES string of the molecule is O=[N+]([O-])c1cn2c(n1)OC[C@@H](OCc1ccc(-c3ccc(OC(F)F)cc3)nc1)C2. The fraction of sp³-hybridized carbons (Fsp3) is 0.263. The fourth-order valence-electron chi connectivity index (χ4n) is 2.96. The summed E-state index contributed by atoms with van der Waals surface area (Å²) in [4.78, 5) is 18.4. The van der Waals surface area contributed by atoms with E-state index in [1.807, 2.05) is 6.07 Å². The van der Waals surface area contributed by atoms with Gasteiger partial charge in [-0.1, -0.05) is 6.07 Å². The summed E-state index contributed by atoms with van der Waals surface area (Å²) in [6.07, 6.45) is 2.70. The van der Waals surface area contributed by atoms with Gasteiger partial charge in [0.05, 0.1) is 18.8 Å². The highest BCUT2D eigenvalue weighted by Crippen LogP contribution is 2.24. The molecule has 0 bridgehead atoms. The third-order valence-corrected chi connectivity index (χ3v) is 4.40. The minimum Gasteiger partial charge on any atom is -0.443 e. The van der Waals surface area contributed by atoms with E-state index in [0.717, 1.165) is 11.1 Å². The smallest absolute Gasteiger partial charge is 0.414 e. The molecule has 0 saturated carbocycles. The quantitative estimate of drug-likeness (QED) is 0.428. The van der Waals surface area contributed by atoms with Gasteiger partial charge in [-0.2, -0.15) is 8.78 Å². The Balaban J connectivity index is 1.33. The number of benzene rings is 1. The topological polar surface area (TPSA) is 102 Å². The van der Waals surface area contributed by atoms with Crippen molar-refractivity contribution >= 4 is 5.82 Å². The molecule has 1 atom stereocenters. The molecule has 0 aliphatic carbocycles. The number of ether oxygens (including phenoxy) is 3. The van der Waals surface area contributed by atoms with Crippen LogP contribution in [0, 0.1) is 10.1 Å². The van der Waals surface area contributed by atoms with Gasteiger partial charge in [0.15, 0.2) is 0 Å². The summed E-state index contributed by atoms with van der Waals surface area (Å²) in [5.74, 6) is -0.181. The minimum atomic E-state index is -2.86. The predicted molar refractivity (Wildman–Crippen MR) is 99.3 cm³/mol. The largest absolute Gasteiger partial charge is 0.443 e. The van der Waals surface area contributed by atoms with E-state index < -0.39 is 11.5 Å². The summed E-state index contributed by atoms with van der Waals surface area (Å²) in [7, 11) is 0. The molecule has 156 valence electrons. The molecule has 1 aliphatic rings. The van der Waals surface area contributed by atoms with Crippen LogP contribution in [0.25, 0.3) is 11.3 Å². The Bertz CT molecular complexity index is 1020. The number of rotatable bonds is 7. The molecule has 9 nitrogen and oxygen atoms in total. The van der Waals surface area contributed by atoms with Gasteiger partial charge in [-0.3, -0.25) is 9.55 Å². The number of alkyl halides is 2. The van der Waals surface area contributed by atoms with Gasteiger partial charge in [0.25, 0.3) is 0 Å². The zero-order valence-electron chi connectivity index (χ0n) is 15.5. The van der Waals surface area contributed by atoms with Crippen molar-refractivity contribution in [3.05, 3.63) is 64.5 Å². The Morgan fingerprint density at radius 1 is 1.27 bits per heavy atom. The molecule has 30 heavy (non-hydrogen) atoms. The first-order valence-corrected chi connectivity index (χ1v) is 8.94. The Morgan fingerprint density at radius 3 is 2.73 bits per heavy atom. The number of fused-ring (bicyclic) bond motifs is 1. The second-order valence-electron chi connectivity index (χ2n) is 6.49. The Labute approximate surface area is 169 Å². The van der Waals surface area contributed by atoms with E-state index in [2.05, 4.69) is 14.7 Å². The zero-order chi connectivity index (χ0) is 21.1. The molecule has 0 fully saturated rings. The van der Waals surface area contributed by atoms with E-state index in [9.17, 15) is 18.9 Å². The van der Waals surface area contributed by atoms with E-state index in [0.29, 0.717) is 12.2 Å². The van der Waals surface area contributed by atoms with Crippen molar-refractivity contribution in [3.8, 4) is 23.0 Å². The van der Waals surface area contributed by atoms with Gasteiger partial charge >= 0.3 is 18.4 Å². The van der Waals surface area contributed by atoms with Crippen LogP contribution in [0.1, 0.15) is 5.56 Å². The Morgan fingerprint density at radius 2 is 2.07 bits per heavy atom. The van der Waals surface area contributed by atoms with Crippen LogP contribution in [0.5, 0.6) is 11.8 Å². The number of hydrogen-bond acceptors (Lipinski definition) is 7. The summed E-state index contributed by atoms with van der Waals surface area (Å²) in [6, 6.07) is 10.1. The molecule has 1 aliphatic heterocycles. The van der Waals surface area contributed by atoms with Crippen molar-refractivity contribution in [1.29, 1.82) is 0 Å². The minimum absolute atomic E-state index is 0.0832. The Hall–Kier alpha value is -3.60. The fourth-order valence-corrected chi connectivity index (χ4v) is 2.96. The van der Waals surface area contributed by atoms with Crippen molar-refractivity contribution in [2.45, 2.75) is 25.9 Å². The van der Waals surface area contributed by atoms with Crippen LogP contribution in [0.15, 0.2) is 48.8 Å². The third-order valence-electron chi connectivity index (χ3n) is 4.40. The Kier molecular flexibility index (Phi) is 5.53. The molecule has 3 aromatic rings. The monoisotopic (exact) mass is 418 g/mol. The summed E-state index contributed by atoms with van der Waals surface area (Å²) in [5.41, 5.74) is 2.27. The lowest BCUT2D eigenvalue weighted by Crippen LogP contribution is -2.32. The molecule has 0 unspecified atom stereocenters. The van der Waals surface area contributed by atoms with Crippen molar-refractivity contribution in [2.75, 3.05) is 6.61 Å². The second kappa shape index (κ2) is 8.41. The maximum atomic E-state index is 12.2. The van der Waals surface area contributed by atoms with Gasteiger partial charge in [0.2, 0.25) is 0 Å². The molecule has 4 rings (SSSR count). The second-order valence-corrected chi connectivity index (χ2v) is 6.49. The number of pyridine rings is 1. The highest BCUT2D eigenvalue weighted by Gasteiger charge is 2.28. The lowest BCUT2D eigenvalue weighted by Gasteiger charge is -2.22. The first-order valence-electron chi connectivity index (χ1n) is 8.94. The normalized spacial score (nSPS) is 15.5. The summed E-state index contributed by atoms with van der Waals surface area (Å²) in [6.45, 7) is -1.94. The van der Waals surface area contributed by atoms with Crippen molar-refractivity contribution in [2.24, 2.45) is 0 Å². The van der Waals surface area contributed by atoms with Crippen LogP contribution >= 0.6 is 0 Å². The van der Waals surface area contributed by atoms with Gasteiger partial charge in [-0.05, 0) is 40.8 Å². The third kappa shape index (κ3) is 4.51. The summed E-state index contributed by atoms with van der Waals surface area (Å²) < 4.78 is 41.6. The first-order chi connectivity index (χ1) is 14.5. The molecule has 2 aromatic heterocycles. The molecule has 11 heteroatoms. The molecular weight excluding hydrogens is 402 g/mol. The van der Waals surface area contributed by atoms with E-state index in [4.69, 9.17) is 9.47 Å². The standard InChI is InChI=1S/C19H16F2N4O5/c20-18(21)30-14-4-2-13(3-5-14)16-6-1-12(7-22-16)10-28-15-8-24-9-17(25(26)27)23-19(24)29-11-15/h1-7,9,15,18H,8,10-11H2/t15-/m0/s1. The molecule has 1 aromatic carbocycles. The molecule has 3 heterocycles. The van der Waals surface area contributed by atoms with Crippen LogP contribution in [0.3, 0.4) is 0 Å². The van der Waals surface area contributed by atoms with Gasteiger partial charge in [0.1, 0.15) is 24.7 Å². The summed E-state index contributed by atoms with van der Waals surface area (Å²) >= 11 is 0. The maximum Gasteiger partial charge on any atom is 0.414 e. The number of aromatic nitrogens is 3. The average molecular weight is 418 g/mol. The molecule has 0 saturated heterocycles. The number of nitro groups is 1. The van der Waals surface area contributed by atoms with E-state index in [1.54, 1.807) is 29.0 Å². The number of halogens is 2. The number of nitrogens with zero attached hydrogens (tertiary/aromatic N) is 4. The number of imidazole rings is 1. The predicted octanol–water partition coefficient (Wildman–Crippen LogP) is 3.43. The molecule has 0 radical (unpaired) electrons. The highest BCUT2D eigenvalue weighted by molar-refractivity contribution is 5.60. The van der Waals surface area contributed by atoms with Crippen molar-refractivity contribution in [1.82, 2.24) is 14.5 Å². The maximum absolute atomic E-state index is 12.2. The zero-order valence-corrected chi connectivity index (χ0v) is 15.5. The summed E-state index contributed by atoms with van der Waals surface area (Å²) in [5, 5.41) is 10.8. The number of hydrogen-bond donors (Lipinski definition) is 0. The highest BCUT2D eigenvalue weighted by atomic mass is 19.3. The lowest BCUT2D eigenvalue weighted by atomic mass is 10.1. The lowest BCUT2D eigenvalue weighted by molar-refractivity contribution is -0.389. The van der Waals surface area contributed by atoms with Gasteiger partial charge < -0.3 is 24.3 Å². The van der Waals surface area contributed by atoms with Crippen molar-refractivity contribution in [3.63, 3.8) is 0 Å². The van der Waals surface area contributed by atoms with Gasteiger partial charge in [-0.25, -0.2) is 0 Å². The van der Waals surface area contributed by atoms with Crippen LogP contribution in [0.4, 0.5) is 14.6 Å². The van der Waals surface area contributed by atoms with Crippen LogP contribution in [-0.2, 0) is 17.9 Å². The van der Waals surface area contributed by atoms with Crippen molar-refractivity contribution < 1.29 is 27.9 Å². The first kappa shape index (κ1) is 19.7. The van der Waals surface area contributed by atoms with E-state index in [1.165, 1.54) is 18.3 Å². The van der Waals surface area contributed by atoms with Gasteiger partial charge in [0, 0.05) is 16.7 Å². The molecule has 0 N–H and O–H groups in total. The molecular formula is C19H16F2N4O5. The van der Waals surface area contributed by atoms with Crippen LogP contribution in [-0.4, -0.2) is 38.8 Å². The van der Waals surface area contributed by atoms with Crippen LogP contribution < -0.4 is 9.47 Å². The molecule has 0 amide bonds. The molecule has 0 spiro atoms. The van der Waals surface area contributed by atoms with Crippen LogP contribution in [0.2, 0.25) is 0 Å². The van der Waals surface area contributed by atoms with E-state index >= 15 is 0 Å². The average Bonchev–Trinajstić information content (AvgIpc) is 3.17. The van der Waals surface area contributed by atoms with E-state index in [-0.39, 0.29) is 36.9 Å².